The van der Waals surface area contributed by atoms with E-state index in [1.165, 1.54) is 11.8 Å². The highest BCUT2D eigenvalue weighted by atomic mass is 32.2. The predicted molar refractivity (Wildman–Crippen MR) is 40.3 cm³/mol. The fourth-order valence-corrected chi connectivity index (χ4v) is 1.30. The van der Waals surface area contributed by atoms with Crippen LogP contribution in [0.15, 0.2) is 17.7 Å². The molecule has 0 aromatic heterocycles. The van der Waals surface area contributed by atoms with Crippen molar-refractivity contribution in [2.24, 2.45) is 5.73 Å². The molecule has 0 amide bonds. The van der Waals surface area contributed by atoms with Crippen molar-refractivity contribution in [2.75, 3.05) is 0 Å². The lowest BCUT2D eigenvalue weighted by Crippen LogP contribution is -2.43. The summed E-state index contributed by atoms with van der Waals surface area (Å²) < 4.78 is 0. The smallest absolute Gasteiger partial charge is 0.164 e. The topological polar surface area (TPSA) is 38.0 Å². The van der Waals surface area contributed by atoms with E-state index in [0.717, 1.165) is 0 Å². The van der Waals surface area contributed by atoms with Gasteiger partial charge in [-0.05, 0) is 12.3 Å². The van der Waals surface area contributed by atoms with Crippen LogP contribution in [0, 0.1) is 6.08 Å². The zero-order chi connectivity index (χ0) is 6.74. The first kappa shape index (κ1) is 6.71. The zero-order valence-electron chi connectivity index (χ0n) is 5.22. The molecule has 1 unspecified atom stereocenters. The van der Waals surface area contributed by atoms with E-state index in [1.54, 1.807) is 0 Å². The molecule has 1 rings (SSSR count). The maximum atomic E-state index is 5.72. The summed E-state index contributed by atoms with van der Waals surface area (Å²) >= 11 is 1.51. The Morgan fingerprint density at radius 3 is 3.11 bits per heavy atom. The molecule has 1 aliphatic heterocycles. The molecule has 3 N–H and O–H groups in total. The lowest BCUT2D eigenvalue weighted by molar-refractivity contribution is 0.668. The molecule has 0 spiro atoms. The summed E-state index contributed by atoms with van der Waals surface area (Å²) in [7, 11) is 0. The lowest BCUT2D eigenvalue weighted by atomic mass is 10.4. The second-order valence-electron chi connectivity index (χ2n) is 1.73. The van der Waals surface area contributed by atoms with Crippen molar-refractivity contribution in [3.05, 3.63) is 23.8 Å². The van der Waals surface area contributed by atoms with Gasteiger partial charge in [-0.25, -0.2) is 0 Å². The van der Waals surface area contributed by atoms with Crippen LogP contribution in [0.2, 0.25) is 0 Å². The lowest BCUT2D eigenvalue weighted by Gasteiger charge is -2.17. The summed E-state index contributed by atoms with van der Waals surface area (Å²) in [6, 6.07) is 0. The Hall–Kier alpha value is -0.410. The maximum Gasteiger partial charge on any atom is 0.164 e. The van der Waals surface area contributed by atoms with Crippen LogP contribution in [0.25, 0.3) is 0 Å². The van der Waals surface area contributed by atoms with E-state index in [-0.39, 0.29) is 0 Å². The molecule has 0 aromatic carbocycles. The third kappa shape index (κ3) is 1.50. The van der Waals surface area contributed by atoms with Gasteiger partial charge in [-0.2, -0.15) is 0 Å². The van der Waals surface area contributed by atoms with E-state index in [4.69, 9.17) is 5.73 Å². The van der Waals surface area contributed by atoms with E-state index in [2.05, 4.69) is 11.4 Å². The molecule has 0 aliphatic carbocycles. The molecular formula is C6H9N2S. The number of rotatable bonds is 1. The van der Waals surface area contributed by atoms with E-state index in [9.17, 15) is 0 Å². The molecule has 0 aromatic rings. The molecule has 0 saturated carbocycles. The molecule has 1 heterocycles. The third-order valence-corrected chi connectivity index (χ3v) is 1.86. The average Bonchev–Trinajstić information content (AvgIpc) is 2.16. The van der Waals surface area contributed by atoms with Crippen LogP contribution in [0.5, 0.6) is 0 Å². The highest BCUT2D eigenvalue weighted by Crippen LogP contribution is 2.23. The molecule has 2 nitrogen and oxygen atoms in total. The Balaban J connectivity index is 2.55. The van der Waals surface area contributed by atoms with Gasteiger partial charge in [0.05, 0.1) is 0 Å². The van der Waals surface area contributed by atoms with Crippen LogP contribution in [-0.2, 0) is 0 Å². The van der Waals surface area contributed by atoms with Gasteiger partial charge in [-0.3, -0.25) is 5.73 Å². The molecule has 9 heavy (non-hydrogen) atoms. The Bertz CT molecular complexity index is 143. The van der Waals surface area contributed by atoms with Gasteiger partial charge in [-0.15, -0.1) is 0 Å². The Labute approximate surface area is 59.2 Å². The second-order valence-corrected chi connectivity index (χ2v) is 2.89. The minimum absolute atomic E-state index is 0.505. The molecule has 1 aliphatic rings. The first-order chi connectivity index (χ1) is 4.27. The maximum absolute atomic E-state index is 5.72. The molecule has 1 radical (unpaired) electrons. The summed E-state index contributed by atoms with van der Waals surface area (Å²) in [5.41, 5.74) is 5.72. The van der Waals surface area contributed by atoms with Gasteiger partial charge in [0, 0.05) is 12.3 Å². The van der Waals surface area contributed by atoms with Crippen molar-refractivity contribution in [3.8, 4) is 0 Å². The Kier molecular flexibility index (Phi) is 1.83. The van der Waals surface area contributed by atoms with E-state index < -0.39 is 4.99 Å². The fourth-order valence-electron chi connectivity index (χ4n) is 0.623. The molecule has 0 fully saturated rings. The SMILES string of the molecule is C/C=[C]/C1(N)NC=CS1. The van der Waals surface area contributed by atoms with Gasteiger partial charge >= 0.3 is 0 Å². The number of thioether (sulfide) groups is 1. The first-order valence-corrected chi connectivity index (χ1v) is 3.60. The summed E-state index contributed by atoms with van der Waals surface area (Å²) in [5, 5.41) is 4.86. The summed E-state index contributed by atoms with van der Waals surface area (Å²) in [6.07, 6.45) is 6.60. The monoisotopic (exact) mass is 141 g/mol. The van der Waals surface area contributed by atoms with Crippen LogP contribution in [0.3, 0.4) is 0 Å². The van der Waals surface area contributed by atoms with Crippen molar-refractivity contribution in [2.45, 2.75) is 11.9 Å². The summed E-state index contributed by atoms with van der Waals surface area (Å²) in [4.78, 5) is -0.505. The molecule has 0 bridgehead atoms. The Morgan fingerprint density at radius 1 is 1.89 bits per heavy atom. The third-order valence-electron chi connectivity index (χ3n) is 0.979. The minimum Gasteiger partial charge on any atom is -0.361 e. The van der Waals surface area contributed by atoms with Gasteiger partial charge in [0.25, 0.3) is 0 Å². The summed E-state index contributed by atoms with van der Waals surface area (Å²) in [6.45, 7) is 1.90. The Morgan fingerprint density at radius 2 is 2.67 bits per heavy atom. The number of hydrogen-bond acceptors (Lipinski definition) is 3. The molecule has 0 saturated heterocycles. The highest BCUT2D eigenvalue weighted by Gasteiger charge is 2.22. The standard InChI is InChI=1S/C6H9N2S/c1-2-3-6(7)8-4-5-9-6/h2,4-5,8H,7H2,1H3. The second kappa shape index (κ2) is 2.45. The molecule has 3 heteroatoms. The van der Waals surface area contributed by atoms with Gasteiger partial charge in [0.1, 0.15) is 0 Å². The van der Waals surface area contributed by atoms with Crippen LogP contribution in [0.4, 0.5) is 0 Å². The number of nitrogens with one attached hydrogen (secondary N) is 1. The molecular weight excluding hydrogens is 132 g/mol. The van der Waals surface area contributed by atoms with Crippen molar-refractivity contribution < 1.29 is 0 Å². The average molecular weight is 141 g/mol. The molecule has 49 valence electrons. The normalized spacial score (nSPS) is 33.6. The molecule has 1 atom stereocenters. The first-order valence-electron chi connectivity index (χ1n) is 2.72. The van der Waals surface area contributed by atoms with Crippen LogP contribution >= 0.6 is 11.8 Å². The predicted octanol–water partition coefficient (Wildman–Crippen LogP) is 0.786. The minimum atomic E-state index is -0.505. The van der Waals surface area contributed by atoms with E-state index >= 15 is 0 Å². The number of hydrogen-bond donors (Lipinski definition) is 2. The van der Waals surface area contributed by atoms with Crippen molar-refractivity contribution in [1.82, 2.24) is 5.32 Å². The van der Waals surface area contributed by atoms with Crippen LogP contribution in [-0.4, -0.2) is 4.99 Å². The number of nitrogens with two attached hydrogens (primary N) is 1. The number of allylic oxidation sites excluding steroid dienone is 1. The quantitative estimate of drug-likeness (QED) is 0.567. The van der Waals surface area contributed by atoms with E-state index in [1.807, 2.05) is 24.6 Å². The van der Waals surface area contributed by atoms with Gasteiger partial charge in [0.15, 0.2) is 4.99 Å². The zero-order valence-corrected chi connectivity index (χ0v) is 6.03. The highest BCUT2D eigenvalue weighted by molar-refractivity contribution is 8.03. The van der Waals surface area contributed by atoms with Gasteiger partial charge in [-0.1, -0.05) is 17.8 Å². The van der Waals surface area contributed by atoms with Crippen molar-refractivity contribution in [3.63, 3.8) is 0 Å². The van der Waals surface area contributed by atoms with Crippen LogP contribution < -0.4 is 11.1 Å². The largest absolute Gasteiger partial charge is 0.361 e. The fraction of sp³-hybridized carbons (Fsp3) is 0.333. The van der Waals surface area contributed by atoms with Gasteiger partial charge < -0.3 is 5.32 Å². The van der Waals surface area contributed by atoms with E-state index in [0.29, 0.717) is 0 Å². The van der Waals surface area contributed by atoms with Crippen molar-refractivity contribution >= 4 is 11.8 Å². The summed E-state index contributed by atoms with van der Waals surface area (Å²) in [5.74, 6) is 0. The van der Waals surface area contributed by atoms with Crippen molar-refractivity contribution in [1.29, 1.82) is 0 Å². The van der Waals surface area contributed by atoms with Gasteiger partial charge in [0.2, 0.25) is 0 Å². The van der Waals surface area contributed by atoms with Crippen LogP contribution in [0.1, 0.15) is 6.92 Å².